The van der Waals surface area contributed by atoms with Crippen LogP contribution in [0.3, 0.4) is 0 Å². The van der Waals surface area contributed by atoms with Gasteiger partial charge in [-0.25, -0.2) is 4.98 Å². The van der Waals surface area contributed by atoms with Crippen LogP contribution in [0, 0.1) is 13.8 Å². The normalized spacial score (nSPS) is 11.1. The number of nitrogens with zero attached hydrogens (tertiary/aromatic N) is 1. The molecule has 0 fully saturated rings. The maximum atomic E-state index is 12.4. The molecule has 0 radical (unpaired) electrons. The lowest BCUT2D eigenvalue weighted by molar-refractivity contribution is 0.0994. The molecule has 6 heteroatoms. The van der Waals surface area contributed by atoms with Gasteiger partial charge in [-0.2, -0.15) is 0 Å². The number of aliphatic hydroxyl groups is 1. The molecule has 27 heavy (non-hydrogen) atoms. The molecule has 0 bridgehead atoms. The van der Waals surface area contributed by atoms with E-state index in [9.17, 15) is 9.90 Å². The molecule has 0 aliphatic heterocycles. The largest absolute Gasteiger partial charge is 0.456 e. The summed E-state index contributed by atoms with van der Waals surface area (Å²) < 4.78 is 6.44. The molecule has 136 valence electrons. The molecule has 0 unspecified atom stereocenters. The molecule has 5 nitrogen and oxygen atoms in total. The summed E-state index contributed by atoms with van der Waals surface area (Å²) in [5, 5.41) is 12.7. The Hall–Kier alpha value is -2.96. The number of aryl methyl sites for hydroxylation is 2. The number of anilines is 1. The Balaban J connectivity index is 1.62. The zero-order chi connectivity index (χ0) is 19.0. The van der Waals surface area contributed by atoms with Crippen molar-refractivity contribution >= 4 is 32.6 Å². The molecule has 2 heterocycles. The minimum Gasteiger partial charge on any atom is -0.456 e. The number of carbonyl (C=O) groups is 1. The van der Waals surface area contributed by atoms with Crippen LogP contribution >= 0.6 is 11.3 Å². The number of benzene rings is 2. The SMILES string of the molecule is Cc1cc(C)c(C(=O)Nc2nc3ccc(-c4cccc(CO)c4)cc3s2)o1. The van der Waals surface area contributed by atoms with Gasteiger partial charge in [-0.3, -0.25) is 10.1 Å². The lowest BCUT2D eigenvalue weighted by atomic mass is 10.0. The average Bonchev–Trinajstić information content (AvgIpc) is 3.22. The van der Waals surface area contributed by atoms with E-state index < -0.39 is 0 Å². The molecule has 0 atom stereocenters. The molecule has 0 saturated heterocycles. The summed E-state index contributed by atoms with van der Waals surface area (Å²) in [7, 11) is 0. The number of aromatic nitrogens is 1. The first kappa shape index (κ1) is 17.5. The second kappa shape index (κ2) is 6.98. The highest BCUT2D eigenvalue weighted by molar-refractivity contribution is 7.22. The number of hydrogen-bond donors (Lipinski definition) is 2. The van der Waals surface area contributed by atoms with Gasteiger partial charge in [0.25, 0.3) is 5.91 Å². The van der Waals surface area contributed by atoms with Crippen molar-refractivity contribution in [1.29, 1.82) is 0 Å². The monoisotopic (exact) mass is 378 g/mol. The molecule has 4 rings (SSSR count). The fraction of sp³-hybridized carbons (Fsp3) is 0.143. The topological polar surface area (TPSA) is 75.4 Å². The quantitative estimate of drug-likeness (QED) is 0.529. The number of aliphatic hydroxyl groups excluding tert-OH is 1. The van der Waals surface area contributed by atoms with E-state index in [0.29, 0.717) is 16.7 Å². The Bertz CT molecular complexity index is 1140. The highest BCUT2D eigenvalue weighted by Gasteiger charge is 2.16. The summed E-state index contributed by atoms with van der Waals surface area (Å²) in [6.07, 6.45) is 0. The Morgan fingerprint density at radius 3 is 2.70 bits per heavy atom. The van der Waals surface area contributed by atoms with Crippen molar-refractivity contribution in [2.45, 2.75) is 20.5 Å². The maximum Gasteiger partial charge on any atom is 0.293 e. The van der Waals surface area contributed by atoms with Crippen LogP contribution in [0.2, 0.25) is 0 Å². The van der Waals surface area contributed by atoms with Crippen LogP contribution in [0.4, 0.5) is 5.13 Å². The van der Waals surface area contributed by atoms with Crippen LogP contribution in [0.5, 0.6) is 0 Å². The van der Waals surface area contributed by atoms with Gasteiger partial charge in [0.05, 0.1) is 16.8 Å². The molecular formula is C21H18N2O3S. The summed E-state index contributed by atoms with van der Waals surface area (Å²) in [4.78, 5) is 16.9. The predicted octanol–water partition coefficient (Wildman–Crippen LogP) is 4.92. The van der Waals surface area contributed by atoms with Crippen molar-refractivity contribution in [3.63, 3.8) is 0 Å². The third kappa shape index (κ3) is 3.49. The molecule has 1 amide bonds. The highest BCUT2D eigenvalue weighted by Crippen LogP contribution is 2.31. The van der Waals surface area contributed by atoms with Crippen LogP contribution in [-0.2, 0) is 6.61 Å². The zero-order valence-electron chi connectivity index (χ0n) is 14.9. The van der Waals surface area contributed by atoms with Gasteiger partial charge in [-0.05, 0) is 54.8 Å². The first-order chi connectivity index (χ1) is 13.0. The molecular weight excluding hydrogens is 360 g/mol. The third-order valence-corrected chi connectivity index (χ3v) is 5.23. The Morgan fingerprint density at radius 2 is 1.96 bits per heavy atom. The van der Waals surface area contributed by atoms with E-state index >= 15 is 0 Å². The molecule has 2 N–H and O–H groups in total. The number of thiazole rings is 1. The van der Waals surface area contributed by atoms with Gasteiger partial charge >= 0.3 is 0 Å². The second-order valence-electron chi connectivity index (χ2n) is 6.38. The number of amides is 1. The number of rotatable bonds is 4. The number of hydrogen-bond acceptors (Lipinski definition) is 5. The van der Waals surface area contributed by atoms with Crippen molar-refractivity contribution in [2.24, 2.45) is 0 Å². The molecule has 0 aliphatic rings. The van der Waals surface area contributed by atoms with Gasteiger partial charge in [-0.1, -0.05) is 35.6 Å². The standard InChI is InChI=1S/C21H18N2O3S/c1-12-8-13(2)26-19(12)20(25)23-21-22-17-7-6-16(10-18(17)27-21)15-5-3-4-14(9-15)11-24/h3-10,24H,11H2,1-2H3,(H,22,23,25). The van der Waals surface area contributed by atoms with Crippen LogP contribution in [-0.4, -0.2) is 16.0 Å². The van der Waals surface area contributed by atoms with Gasteiger partial charge in [0.15, 0.2) is 10.9 Å². The summed E-state index contributed by atoms with van der Waals surface area (Å²) in [6.45, 7) is 3.67. The van der Waals surface area contributed by atoms with Crippen LogP contribution in [0.25, 0.3) is 21.3 Å². The molecule has 0 saturated carbocycles. The maximum absolute atomic E-state index is 12.4. The fourth-order valence-corrected chi connectivity index (χ4v) is 3.93. The Labute approximate surface area is 160 Å². The van der Waals surface area contributed by atoms with Gasteiger partial charge in [0.1, 0.15) is 5.76 Å². The van der Waals surface area contributed by atoms with Crippen molar-refractivity contribution in [3.05, 3.63) is 71.2 Å². The van der Waals surface area contributed by atoms with Crippen molar-refractivity contribution in [3.8, 4) is 11.1 Å². The predicted molar refractivity (Wildman–Crippen MR) is 107 cm³/mol. The molecule has 2 aromatic carbocycles. The summed E-state index contributed by atoms with van der Waals surface area (Å²) in [5.41, 5.74) is 4.57. The second-order valence-corrected chi connectivity index (χ2v) is 7.41. The van der Waals surface area contributed by atoms with E-state index in [-0.39, 0.29) is 12.5 Å². The molecule has 0 spiro atoms. The Kier molecular flexibility index (Phi) is 4.51. The minimum absolute atomic E-state index is 0.0124. The lowest BCUT2D eigenvalue weighted by Gasteiger charge is -2.03. The molecule has 4 aromatic rings. The van der Waals surface area contributed by atoms with Crippen LogP contribution in [0.15, 0.2) is 52.9 Å². The first-order valence-corrected chi connectivity index (χ1v) is 9.34. The fourth-order valence-electron chi connectivity index (χ4n) is 3.03. The van der Waals surface area contributed by atoms with Crippen molar-refractivity contribution in [2.75, 3.05) is 5.32 Å². The number of fused-ring (bicyclic) bond motifs is 1. The van der Waals surface area contributed by atoms with Crippen molar-refractivity contribution < 1.29 is 14.3 Å². The van der Waals surface area contributed by atoms with Crippen LogP contribution < -0.4 is 5.32 Å². The number of nitrogens with one attached hydrogen (secondary N) is 1. The average molecular weight is 378 g/mol. The first-order valence-electron chi connectivity index (χ1n) is 8.52. The van der Waals surface area contributed by atoms with Gasteiger partial charge < -0.3 is 9.52 Å². The summed E-state index contributed by atoms with van der Waals surface area (Å²) in [5.74, 6) is 0.723. The van der Waals surface area contributed by atoms with E-state index in [0.717, 1.165) is 32.5 Å². The summed E-state index contributed by atoms with van der Waals surface area (Å²) >= 11 is 1.42. The third-order valence-electron chi connectivity index (χ3n) is 4.30. The Morgan fingerprint density at radius 1 is 1.15 bits per heavy atom. The van der Waals surface area contributed by atoms with E-state index in [1.54, 1.807) is 0 Å². The van der Waals surface area contributed by atoms with E-state index in [1.807, 2.05) is 62.4 Å². The highest BCUT2D eigenvalue weighted by atomic mass is 32.1. The van der Waals surface area contributed by atoms with Crippen LogP contribution in [0.1, 0.15) is 27.4 Å². The molecule has 0 aliphatic carbocycles. The smallest absolute Gasteiger partial charge is 0.293 e. The van der Waals surface area contributed by atoms with Gasteiger partial charge in [0.2, 0.25) is 0 Å². The van der Waals surface area contributed by atoms with E-state index in [1.165, 1.54) is 11.3 Å². The minimum atomic E-state index is -0.296. The number of furan rings is 1. The van der Waals surface area contributed by atoms with E-state index in [2.05, 4.69) is 10.3 Å². The van der Waals surface area contributed by atoms with Crippen molar-refractivity contribution in [1.82, 2.24) is 4.98 Å². The molecule has 2 aromatic heterocycles. The number of carbonyl (C=O) groups excluding carboxylic acids is 1. The van der Waals surface area contributed by atoms with Gasteiger partial charge in [0, 0.05) is 5.56 Å². The van der Waals surface area contributed by atoms with E-state index in [4.69, 9.17) is 4.42 Å². The van der Waals surface area contributed by atoms with Gasteiger partial charge in [-0.15, -0.1) is 0 Å². The summed E-state index contributed by atoms with van der Waals surface area (Å²) in [6, 6.07) is 15.6. The lowest BCUT2D eigenvalue weighted by Crippen LogP contribution is -2.11. The zero-order valence-corrected chi connectivity index (χ0v) is 15.8.